The Bertz CT molecular complexity index is 1310. The van der Waals surface area contributed by atoms with Gasteiger partial charge in [0.15, 0.2) is 0 Å². The summed E-state index contributed by atoms with van der Waals surface area (Å²) >= 11 is 0. The predicted molar refractivity (Wildman–Crippen MR) is 160 cm³/mol. The second-order valence-corrected chi connectivity index (χ2v) is 10.8. The highest BCUT2D eigenvalue weighted by Gasteiger charge is 2.30. The van der Waals surface area contributed by atoms with E-state index in [-0.39, 0.29) is 24.0 Å². The zero-order chi connectivity index (χ0) is 28.6. The highest BCUT2D eigenvalue weighted by atomic mass is 16.5. The Morgan fingerprint density at radius 3 is 2.20 bits per heavy atom. The maximum absolute atomic E-state index is 13.8. The van der Waals surface area contributed by atoms with Crippen LogP contribution >= 0.6 is 0 Å². The van der Waals surface area contributed by atoms with Crippen LogP contribution in [0.3, 0.4) is 0 Å². The fraction of sp³-hybridized carbons (Fsp3) is 0.364. The van der Waals surface area contributed by atoms with Crippen molar-refractivity contribution in [2.45, 2.75) is 58.3 Å². The fourth-order valence-electron chi connectivity index (χ4n) is 4.87. The van der Waals surface area contributed by atoms with Gasteiger partial charge in [-0.15, -0.1) is 0 Å². The summed E-state index contributed by atoms with van der Waals surface area (Å²) in [7, 11) is 4.04. The zero-order valence-corrected chi connectivity index (χ0v) is 23.8. The van der Waals surface area contributed by atoms with E-state index < -0.39 is 5.97 Å². The Morgan fingerprint density at radius 2 is 1.60 bits per heavy atom. The Balaban J connectivity index is 1.57. The number of carbonyl (C=O) groups is 2. The first-order valence-corrected chi connectivity index (χ1v) is 13.9. The van der Waals surface area contributed by atoms with Gasteiger partial charge in [-0.2, -0.15) is 0 Å². The lowest BCUT2D eigenvalue weighted by Crippen LogP contribution is -2.38. The maximum atomic E-state index is 13.8. The monoisotopic (exact) mass is 541 g/mol. The summed E-state index contributed by atoms with van der Waals surface area (Å²) in [5.74, 6) is -0.0552. The van der Waals surface area contributed by atoms with E-state index in [1.165, 1.54) is 6.08 Å². The number of carbonyl (C=O) groups excluding carboxylic acids is 2. The molecule has 2 aromatic carbocycles. The van der Waals surface area contributed by atoms with Crippen LogP contribution in [0.4, 0.5) is 11.5 Å². The van der Waals surface area contributed by atoms with Crippen molar-refractivity contribution < 1.29 is 19.4 Å². The summed E-state index contributed by atoms with van der Waals surface area (Å²) < 4.78 is 5.18. The van der Waals surface area contributed by atoms with Crippen LogP contribution in [0, 0.1) is 5.92 Å². The lowest BCUT2D eigenvalue weighted by Gasteiger charge is -2.30. The minimum Gasteiger partial charge on any atom is -0.460 e. The highest BCUT2D eigenvalue weighted by Crippen LogP contribution is 2.29. The molecule has 1 aliphatic rings. The number of hydrogen-bond donors (Lipinski definition) is 1. The van der Waals surface area contributed by atoms with Crippen LogP contribution in [0.1, 0.15) is 50.7 Å². The number of anilines is 2. The van der Waals surface area contributed by atoms with Crippen molar-refractivity contribution in [1.82, 2.24) is 4.98 Å². The molecule has 3 aromatic rings. The molecule has 0 radical (unpaired) electrons. The van der Waals surface area contributed by atoms with Crippen LogP contribution in [0.25, 0.3) is 17.2 Å². The first-order valence-electron chi connectivity index (χ1n) is 13.9. The second-order valence-electron chi connectivity index (χ2n) is 10.8. The van der Waals surface area contributed by atoms with Gasteiger partial charge in [0, 0.05) is 38.0 Å². The van der Waals surface area contributed by atoms with E-state index in [2.05, 4.69) is 46.3 Å². The highest BCUT2D eigenvalue weighted by molar-refractivity contribution is 5.94. The topological polar surface area (TPSA) is 83.0 Å². The first kappa shape index (κ1) is 29.0. The smallest absolute Gasteiger partial charge is 0.331 e. The van der Waals surface area contributed by atoms with Gasteiger partial charge in [-0.3, -0.25) is 9.69 Å². The number of ether oxygens (including phenoxy) is 1. The standard InChI is InChI=1S/C33H39N3O4/c1-23(2)40-32(38)18-7-24-19-20-34-31(21-24)36(33(39)28-12-16-30(37)17-13-28)22-25-5-8-26(9-6-25)27-10-14-29(15-11-27)35(3)4/h5-11,14-15,18-21,23,28,30,37H,12-13,16-17,22H2,1-4H3/b18-7+. The normalized spacial score (nSPS) is 17.1. The van der Waals surface area contributed by atoms with Gasteiger partial charge in [0.2, 0.25) is 5.91 Å². The number of pyridine rings is 1. The van der Waals surface area contributed by atoms with Gasteiger partial charge in [-0.05, 0) is 92.1 Å². The molecule has 7 nitrogen and oxygen atoms in total. The van der Waals surface area contributed by atoms with Crippen LogP contribution in [0.5, 0.6) is 0 Å². The number of esters is 1. The Hall–Kier alpha value is -3.97. The number of aromatic nitrogens is 1. The van der Waals surface area contributed by atoms with E-state index in [4.69, 9.17) is 4.74 Å². The van der Waals surface area contributed by atoms with Crippen molar-refractivity contribution in [3.8, 4) is 11.1 Å². The van der Waals surface area contributed by atoms with Gasteiger partial charge in [-0.1, -0.05) is 36.4 Å². The van der Waals surface area contributed by atoms with Crippen molar-refractivity contribution in [2.24, 2.45) is 5.92 Å². The second kappa shape index (κ2) is 13.4. The Morgan fingerprint density at radius 1 is 0.975 bits per heavy atom. The van der Waals surface area contributed by atoms with Crippen molar-refractivity contribution in [2.75, 3.05) is 23.9 Å². The van der Waals surface area contributed by atoms with E-state index in [9.17, 15) is 14.7 Å². The van der Waals surface area contributed by atoms with Crippen LogP contribution < -0.4 is 9.80 Å². The van der Waals surface area contributed by atoms with Crippen LogP contribution in [-0.2, 0) is 20.9 Å². The molecule has 1 saturated carbocycles. The lowest BCUT2D eigenvalue weighted by atomic mass is 9.86. The Labute approximate surface area is 237 Å². The maximum Gasteiger partial charge on any atom is 0.331 e. The third kappa shape index (κ3) is 7.79. The van der Waals surface area contributed by atoms with Gasteiger partial charge in [0.05, 0.1) is 18.8 Å². The summed E-state index contributed by atoms with van der Waals surface area (Å²) in [5, 5.41) is 9.97. The number of rotatable bonds is 9. The van der Waals surface area contributed by atoms with Crippen LogP contribution in [0.2, 0.25) is 0 Å². The SMILES string of the molecule is CC(C)OC(=O)/C=C/c1ccnc(N(Cc2ccc(-c3ccc(N(C)C)cc3)cc2)C(=O)C2CCC(O)CC2)c1. The minimum atomic E-state index is -0.418. The lowest BCUT2D eigenvalue weighted by molar-refractivity contribution is -0.141. The van der Waals surface area contributed by atoms with E-state index in [1.54, 1.807) is 37.1 Å². The van der Waals surface area contributed by atoms with E-state index >= 15 is 0 Å². The van der Waals surface area contributed by atoms with Gasteiger partial charge in [-0.25, -0.2) is 9.78 Å². The molecule has 0 atom stereocenters. The number of aliphatic hydroxyl groups is 1. The quantitative estimate of drug-likeness (QED) is 0.270. The predicted octanol–water partition coefficient (Wildman–Crippen LogP) is 5.86. The summed E-state index contributed by atoms with van der Waals surface area (Å²) in [5.41, 5.74) is 5.11. The first-order chi connectivity index (χ1) is 19.2. The van der Waals surface area contributed by atoms with Crippen molar-refractivity contribution >= 4 is 29.5 Å². The molecule has 1 fully saturated rings. The average Bonchev–Trinajstić information content (AvgIpc) is 2.95. The average molecular weight is 542 g/mol. The number of amides is 1. The van der Waals surface area contributed by atoms with E-state index in [0.717, 1.165) is 27.9 Å². The molecule has 0 unspecified atom stereocenters. The molecule has 7 heteroatoms. The molecule has 210 valence electrons. The molecular formula is C33H39N3O4. The number of hydrogen-bond acceptors (Lipinski definition) is 6. The molecule has 0 aliphatic heterocycles. The minimum absolute atomic E-state index is 0.00287. The molecule has 1 amide bonds. The molecule has 1 aliphatic carbocycles. The van der Waals surface area contributed by atoms with Gasteiger partial charge in [0.1, 0.15) is 5.82 Å². The number of benzene rings is 2. The van der Waals surface area contributed by atoms with Crippen molar-refractivity contribution in [3.63, 3.8) is 0 Å². The Kier molecular flexibility index (Phi) is 9.72. The molecule has 40 heavy (non-hydrogen) atoms. The third-order valence-corrected chi connectivity index (χ3v) is 7.13. The summed E-state index contributed by atoms with van der Waals surface area (Å²) in [6.45, 7) is 3.97. The van der Waals surface area contributed by atoms with E-state index in [0.29, 0.717) is 38.0 Å². The molecule has 4 rings (SSSR count). The third-order valence-electron chi connectivity index (χ3n) is 7.13. The number of aliphatic hydroxyl groups excluding tert-OH is 1. The van der Waals surface area contributed by atoms with Gasteiger partial charge in [0.25, 0.3) is 0 Å². The summed E-state index contributed by atoms with van der Waals surface area (Å²) in [6.07, 6.45) is 6.72. The van der Waals surface area contributed by atoms with Crippen molar-refractivity contribution in [1.29, 1.82) is 0 Å². The molecule has 1 heterocycles. The zero-order valence-electron chi connectivity index (χ0n) is 23.8. The van der Waals surface area contributed by atoms with Crippen LogP contribution in [0.15, 0.2) is 72.9 Å². The van der Waals surface area contributed by atoms with Gasteiger partial charge < -0.3 is 14.7 Å². The van der Waals surface area contributed by atoms with E-state index in [1.807, 2.05) is 32.3 Å². The molecule has 0 spiro atoms. The number of nitrogens with zero attached hydrogens (tertiary/aromatic N) is 3. The summed E-state index contributed by atoms with van der Waals surface area (Å²) in [6, 6.07) is 20.3. The molecular weight excluding hydrogens is 502 g/mol. The summed E-state index contributed by atoms with van der Waals surface area (Å²) in [4.78, 5) is 34.1. The molecule has 1 N–H and O–H groups in total. The van der Waals surface area contributed by atoms with Crippen LogP contribution in [-0.4, -0.2) is 48.3 Å². The fourth-order valence-corrected chi connectivity index (χ4v) is 4.87. The van der Waals surface area contributed by atoms with Crippen molar-refractivity contribution in [3.05, 3.63) is 84.1 Å². The molecule has 0 bridgehead atoms. The largest absolute Gasteiger partial charge is 0.460 e. The molecule has 1 aromatic heterocycles. The van der Waals surface area contributed by atoms with Gasteiger partial charge >= 0.3 is 5.97 Å². The molecule has 0 saturated heterocycles.